The minimum absolute atomic E-state index is 0.0119. The third-order valence-electron chi connectivity index (χ3n) is 2.39. The van der Waals surface area contributed by atoms with Gasteiger partial charge in [0.2, 0.25) is 5.91 Å². The van der Waals surface area contributed by atoms with Crippen molar-refractivity contribution in [2.75, 3.05) is 5.88 Å². The molecule has 4 nitrogen and oxygen atoms in total. The molecule has 0 heterocycles. The summed E-state index contributed by atoms with van der Waals surface area (Å²) >= 11 is 5.40. The lowest BCUT2D eigenvalue weighted by Crippen LogP contribution is -2.43. The molecule has 0 saturated heterocycles. The molecular weight excluding hydrogens is 242 g/mol. The number of alkyl halides is 1. The van der Waals surface area contributed by atoms with Gasteiger partial charge in [-0.15, -0.1) is 11.6 Å². The minimum Gasteiger partial charge on any atom is -0.391 e. The van der Waals surface area contributed by atoms with Crippen molar-refractivity contribution in [2.45, 2.75) is 58.7 Å². The van der Waals surface area contributed by atoms with E-state index in [4.69, 9.17) is 11.6 Å². The van der Waals surface area contributed by atoms with Crippen molar-refractivity contribution < 1.29 is 14.7 Å². The van der Waals surface area contributed by atoms with Crippen LogP contribution in [0.5, 0.6) is 0 Å². The molecule has 0 aromatic rings. The van der Waals surface area contributed by atoms with Crippen LogP contribution in [-0.2, 0) is 9.59 Å². The Hall–Kier alpha value is -0.610. The van der Waals surface area contributed by atoms with E-state index in [9.17, 15) is 14.7 Å². The molecule has 0 bridgehead atoms. The first-order valence-electron chi connectivity index (χ1n) is 5.86. The SMILES string of the molecule is CC(C)N(C(=O)CC(=O)CC(O)CCl)C(C)C. The van der Waals surface area contributed by atoms with Gasteiger partial charge in [-0.05, 0) is 27.7 Å². The molecule has 0 saturated carbocycles. The molecule has 1 unspecified atom stereocenters. The fourth-order valence-corrected chi connectivity index (χ4v) is 1.93. The number of Topliss-reactive ketones (excluding diaryl/α,β-unsaturated/α-hetero) is 1. The van der Waals surface area contributed by atoms with Gasteiger partial charge in [-0.1, -0.05) is 0 Å². The van der Waals surface area contributed by atoms with E-state index in [1.807, 2.05) is 27.7 Å². The summed E-state index contributed by atoms with van der Waals surface area (Å²) in [5, 5.41) is 9.22. The van der Waals surface area contributed by atoms with Gasteiger partial charge in [0.1, 0.15) is 5.78 Å². The van der Waals surface area contributed by atoms with Crippen molar-refractivity contribution in [3.63, 3.8) is 0 Å². The van der Waals surface area contributed by atoms with E-state index in [0.717, 1.165) is 0 Å². The van der Waals surface area contributed by atoms with Crippen molar-refractivity contribution in [1.82, 2.24) is 4.90 Å². The maximum absolute atomic E-state index is 11.9. The standard InChI is InChI=1S/C12H22ClNO3/c1-8(2)14(9(3)4)12(17)6-10(15)5-11(16)7-13/h8-9,11,16H,5-7H2,1-4H3. The van der Waals surface area contributed by atoms with Gasteiger partial charge >= 0.3 is 0 Å². The lowest BCUT2D eigenvalue weighted by molar-refractivity contribution is -0.138. The van der Waals surface area contributed by atoms with Crippen molar-refractivity contribution >= 4 is 23.3 Å². The van der Waals surface area contributed by atoms with Crippen LogP contribution in [0, 0.1) is 0 Å². The lowest BCUT2D eigenvalue weighted by atomic mass is 10.1. The lowest BCUT2D eigenvalue weighted by Gasteiger charge is -2.30. The Bertz CT molecular complexity index is 258. The number of ketones is 1. The van der Waals surface area contributed by atoms with Crippen LogP contribution in [0.3, 0.4) is 0 Å². The quantitative estimate of drug-likeness (QED) is 0.560. The van der Waals surface area contributed by atoms with Crippen LogP contribution in [0.1, 0.15) is 40.5 Å². The highest BCUT2D eigenvalue weighted by atomic mass is 35.5. The largest absolute Gasteiger partial charge is 0.391 e. The van der Waals surface area contributed by atoms with Crippen molar-refractivity contribution in [3.8, 4) is 0 Å². The Morgan fingerprint density at radius 1 is 1.18 bits per heavy atom. The van der Waals surface area contributed by atoms with Crippen LogP contribution >= 0.6 is 11.6 Å². The van der Waals surface area contributed by atoms with Gasteiger partial charge in [-0.25, -0.2) is 0 Å². The van der Waals surface area contributed by atoms with E-state index >= 15 is 0 Å². The van der Waals surface area contributed by atoms with E-state index in [-0.39, 0.29) is 42.5 Å². The Balaban J connectivity index is 4.36. The second-order valence-electron chi connectivity index (χ2n) is 4.72. The smallest absolute Gasteiger partial charge is 0.230 e. The maximum atomic E-state index is 11.9. The van der Waals surface area contributed by atoms with Crippen molar-refractivity contribution in [3.05, 3.63) is 0 Å². The summed E-state index contributed by atoms with van der Waals surface area (Å²) in [5.74, 6) is -0.450. The first-order chi connectivity index (χ1) is 7.79. The van der Waals surface area contributed by atoms with Crippen LogP contribution in [0.4, 0.5) is 0 Å². The number of carbonyl (C=O) groups is 2. The maximum Gasteiger partial charge on any atom is 0.230 e. The predicted molar refractivity (Wildman–Crippen MR) is 68.1 cm³/mol. The number of nitrogens with zero attached hydrogens (tertiary/aromatic N) is 1. The third-order valence-corrected chi connectivity index (χ3v) is 2.75. The number of hydrogen-bond acceptors (Lipinski definition) is 3. The van der Waals surface area contributed by atoms with Crippen molar-refractivity contribution in [1.29, 1.82) is 0 Å². The normalized spacial score (nSPS) is 12.9. The molecule has 0 fully saturated rings. The molecule has 0 aromatic carbocycles. The monoisotopic (exact) mass is 263 g/mol. The van der Waals surface area contributed by atoms with E-state index in [2.05, 4.69) is 0 Å². The molecule has 0 aliphatic rings. The number of rotatable bonds is 7. The summed E-state index contributed by atoms with van der Waals surface area (Å²) in [6.07, 6.45) is -1.08. The third kappa shape index (κ3) is 6.03. The van der Waals surface area contributed by atoms with E-state index < -0.39 is 6.10 Å². The highest BCUT2D eigenvalue weighted by Gasteiger charge is 2.23. The van der Waals surface area contributed by atoms with Gasteiger partial charge in [0.05, 0.1) is 12.5 Å². The molecule has 1 atom stereocenters. The van der Waals surface area contributed by atoms with Gasteiger partial charge < -0.3 is 10.0 Å². The summed E-state index contributed by atoms with van der Waals surface area (Å²) in [4.78, 5) is 25.1. The summed E-state index contributed by atoms with van der Waals surface area (Å²) in [7, 11) is 0. The number of hydrogen-bond donors (Lipinski definition) is 1. The van der Waals surface area contributed by atoms with E-state index in [1.54, 1.807) is 4.90 Å². The molecular formula is C12H22ClNO3. The molecule has 100 valence electrons. The average molecular weight is 264 g/mol. The summed E-state index contributed by atoms with van der Waals surface area (Å²) < 4.78 is 0. The molecule has 0 spiro atoms. The van der Waals surface area contributed by atoms with E-state index in [0.29, 0.717) is 0 Å². The number of halogens is 1. The number of aliphatic hydroxyl groups is 1. The van der Waals surface area contributed by atoms with Crippen LogP contribution < -0.4 is 0 Å². The number of carbonyl (C=O) groups excluding carboxylic acids is 2. The predicted octanol–water partition coefficient (Wildman–Crippen LogP) is 1.58. The van der Waals surface area contributed by atoms with Gasteiger partial charge in [0.25, 0.3) is 0 Å². The van der Waals surface area contributed by atoms with Crippen molar-refractivity contribution in [2.24, 2.45) is 0 Å². The van der Waals surface area contributed by atoms with E-state index in [1.165, 1.54) is 0 Å². The first-order valence-corrected chi connectivity index (χ1v) is 6.39. The molecule has 1 amide bonds. The fourth-order valence-electron chi connectivity index (χ4n) is 1.82. The van der Waals surface area contributed by atoms with Gasteiger partial charge in [0.15, 0.2) is 0 Å². The number of aliphatic hydroxyl groups excluding tert-OH is 1. The zero-order chi connectivity index (χ0) is 13.6. The minimum atomic E-state index is -0.858. The first kappa shape index (κ1) is 16.4. The second-order valence-corrected chi connectivity index (χ2v) is 5.02. The summed E-state index contributed by atoms with van der Waals surface area (Å²) in [6, 6.07) is 0.126. The Labute approximate surface area is 108 Å². The highest BCUT2D eigenvalue weighted by Crippen LogP contribution is 2.09. The zero-order valence-electron chi connectivity index (χ0n) is 10.9. The summed E-state index contributed by atoms with van der Waals surface area (Å²) in [6.45, 7) is 7.65. The van der Waals surface area contributed by atoms with Crippen LogP contribution in [0.15, 0.2) is 0 Å². The Morgan fingerprint density at radius 2 is 1.65 bits per heavy atom. The summed E-state index contributed by atoms with van der Waals surface area (Å²) in [5.41, 5.74) is 0. The fraction of sp³-hybridized carbons (Fsp3) is 0.833. The Morgan fingerprint density at radius 3 is 2.00 bits per heavy atom. The topological polar surface area (TPSA) is 57.6 Å². The highest BCUT2D eigenvalue weighted by molar-refractivity contribution is 6.18. The van der Waals surface area contributed by atoms with Gasteiger partial charge in [-0.3, -0.25) is 9.59 Å². The number of amides is 1. The molecule has 0 radical (unpaired) electrons. The second kappa shape index (κ2) is 7.67. The Kier molecular flexibility index (Phi) is 7.39. The van der Waals surface area contributed by atoms with Crippen LogP contribution in [0.25, 0.3) is 0 Å². The molecule has 5 heteroatoms. The van der Waals surface area contributed by atoms with Gasteiger partial charge in [0, 0.05) is 24.4 Å². The molecule has 1 N–H and O–H groups in total. The average Bonchev–Trinajstić information content (AvgIpc) is 2.15. The molecule has 0 aliphatic carbocycles. The molecule has 0 rings (SSSR count). The van der Waals surface area contributed by atoms with Gasteiger partial charge in [-0.2, -0.15) is 0 Å². The van der Waals surface area contributed by atoms with Crippen LogP contribution in [-0.4, -0.2) is 45.8 Å². The van der Waals surface area contributed by atoms with Crippen LogP contribution in [0.2, 0.25) is 0 Å². The molecule has 0 aromatic heterocycles. The molecule has 17 heavy (non-hydrogen) atoms. The molecule has 0 aliphatic heterocycles. The zero-order valence-corrected chi connectivity index (χ0v) is 11.7.